The van der Waals surface area contributed by atoms with Gasteiger partial charge in [0.1, 0.15) is 5.60 Å². The van der Waals surface area contributed by atoms with Crippen molar-refractivity contribution in [1.82, 2.24) is 0 Å². The Balaban J connectivity index is 1.74. The summed E-state index contributed by atoms with van der Waals surface area (Å²) < 4.78 is 19.5. The lowest BCUT2D eigenvalue weighted by atomic mass is 9.89. The van der Waals surface area contributed by atoms with Crippen LogP contribution >= 0.6 is 0 Å². The van der Waals surface area contributed by atoms with E-state index in [4.69, 9.17) is 4.74 Å². The molecule has 1 aliphatic rings. The molecule has 0 bridgehead atoms. The molecule has 3 rings (SSSR count). The van der Waals surface area contributed by atoms with E-state index in [0.717, 1.165) is 18.5 Å². The molecule has 0 fully saturated rings. The average molecular weight is 415 g/mol. The summed E-state index contributed by atoms with van der Waals surface area (Å²) in [6.07, 6.45) is 1.48. The van der Waals surface area contributed by atoms with Crippen LogP contribution in [0.5, 0.6) is 0 Å². The van der Waals surface area contributed by atoms with Crippen LogP contribution < -0.4 is 9.80 Å². The molecule has 0 saturated carbocycles. The van der Waals surface area contributed by atoms with Crippen molar-refractivity contribution in [2.45, 2.75) is 51.2 Å². The van der Waals surface area contributed by atoms with Gasteiger partial charge in [0.05, 0.1) is 12.2 Å². The fourth-order valence-corrected chi connectivity index (χ4v) is 3.86. The molecule has 30 heavy (non-hydrogen) atoms. The summed E-state index contributed by atoms with van der Waals surface area (Å²) in [5, 5.41) is 0. The van der Waals surface area contributed by atoms with Crippen LogP contribution in [-0.4, -0.2) is 32.3 Å². The molecule has 2 aromatic rings. The smallest absolute Gasteiger partial charge is 0.414 e. The third-order valence-corrected chi connectivity index (χ3v) is 5.36. The maximum Gasteiger partial charge on any atom is 0.414 e. The first-order valence-corrected chi connectivity index (χ1v) is 10.3. The van der Waals surface area contributed by atoms with Gasteiger partial charge in [-0.15, -0.1) is 0 Å². The zero-order chi connectivity index (χ0) is 21.9. The van der Waals surface area contributed by atoms with Crippen LogP contribution in [0.3, 0.4) is 0 Å². The van der Waals surface area contributed by atoms with E-state index in [-0.39, 0.29) is 6.54 Å². The molecule has 2 aromatic carbocycles. The Labute approximate surface area is 178 Å². The van der Waals surface area contributed by atoms with E-state index >= 15 is 0 Å². The summed E-state index contributed by atoms with van der Waals surface area (Å²) in [5.41, 5.74) is 1.83. The quantitative estimate of drug-likeness (QED) is 0.615. The second-order valence-corrected chi connectivity index (χ2v) is 9.07. The number of amides is 1. The third-order valence-electron chi connectivity index (χ3n) is 5.36. The largest absolute Gasteiger partial charge is 0.443 e. The molecule has 0 saturated heterocycles. The molecular formula is C24H31FN2O3. The summed E-state index contributed by atoms with van der Waals surface area (Å²) in [6.45, 7) is 5.53. The number of aryl methyl sites for hydroxylation is 1. The van der Waals surface area contributed by atoms with Crippen LogP contribution in [0.1, 0.15) is 44.7 Å². The lowest BCUT2D eigenvalue weighted by Crippen LogP contribution is -2.40. The number of nitrogens with zero attached hydrogens (tertiary/aromatic N) is 2. The van der Waals surface area contributed by atoms with Crippen molar-refractivity contribution in [1.29, 1.82) is 0 Å². The Bertz CT molecular complexity index is 877. The zero-order valence-corrected chi connectivity index (χ0v) is 18.4. The van der Waals surface area contributed by atoms with Gasteiger partial charge in [0.2, 0.25) is 0 Å². The number of ether oxygens (including phenoxy) is 1. The number of halogens is 1. The van der Waals surface area contributed by atoms with Crippen LogP contribution in [0.15, 0.2) is 48.5 Å². The van der Waals surface area contributed by atoms with Gasteiger partial charge in [0.15, 0.2) is 5.60 Å². The highest BCUT2D eigenvalue weighted by molar-refractivity contribution is 5.91. The van der Waals surface area contributed by atoms with E-state index < -0.39 is 17.3 Å². The molecule has 0 spiro atoms. The Hall–Kier alpha value is -2.60. The highest BCUT2D eigenvalue weighted by Gasteiger charge is 2.47. The first-order valence-electron chi connectivity index (χ1n) is 10.3. The Morgan fingerprint density at radius 2 is 1.80 bits per heavy atom. The fraction of sp³-hybridized carbons (Fsp3) is 0.458. The van der Waals surface area contributed by atoms with Crippen LogP contribution in [0, 0.1) is 0 Å². The van der Waals surface area contributed by atoms with Crippen LogP contribution in [0.4, 0.5) is 20.7 Å². The topological polar surface area (TPSA) is 42.0 Å². The van der Waals surface area contributed by atoms with Crippen molar-refractivity contribution in [3.63, 3.8) is 0 Å². The van der Waals surface area contributed by atoms with Gasteiger partial charge in [0.25, 0.3) is 0 Å². The standard InChI is InChI=1S/C24H31FN2O3/c1-23(2,3)29-22(28)27-17-24(30-25,20-10-6-7-11-21(20)27)16-8-9-18-12-14-19(15-13-18)26(4)5/h6-7,10-15H,8-9,16-17H2,1-5H3. The molecule has 1 unspecified atom stereocenters. The first-order chi connectivity index (χ1) is 14.1. The highest BCUT2D eigenvalue weighted by atomic mass is 19.3. The summed E-state index contributed by atoms with van der Waals surface area (Å²) >= 11 is 0. The average Bonchev–Trinajstić information content (AvgIpc) is 3.03. The molecule has 162 valence electrons. The molecular weight excluding hydrogens is 383 g/mol. The molecule has 1 amide bonds. The van der Waals surface area contributed by atoms with Crippen LogP contribution in [0.2, 0.25) is 0 Å². The number of para-hydroxylation sites is 1. The van der Waals surface area contributed by atoms with Crippen LogP contribution in [-0.2, 0) is 21.7 Å². The minimum absolute atomic E-state index is 0.0946. The summed E-state index contributed by atoms with van der Waals surface area (Å²) in [7, 11) is 4.01. The van der Waals surface area contributed by atoms with Crippen molar-refractivity contribution in [2.75, 3.05) is 30.4 Å². The molecule has 0 aromatic heterocycles. The minimum Gasteiger partial charge on any atom is -0.443 e. The van der Waals surface area contributed by atoms with Gasteiger partial charge in [-0.05, 0) is 68.3 Å². The summed E-state index contributed by atoms with van der Waals surface area (Å²) in [6, 6.07) is 15.6. The first kappa shape index (κ1) is 22.1. The number of rotatable bonds is 6. The molecule has 0 N–H and O–H groups in total. The number of hydrogen-bond acceptors (Lipinski definition) is 4. The maximum absolute atomic E-state index is 14.0. The fourth-order valence-electron chi connectivity index (χ4n) is 3.86. The van der Waals surface area contributed by atoms with E-state index in [9.17, 15) is 9.32 Å². The Morgan fingerprint density at radius 1 is 1.13 bits per heavy atom. The molecule has 0 aliphatic carbocycles. The zero-order valence-electron chi connectivity index (χ0n) is 18.4. The van der Waals surface area contributed by atoms with Crippen molar-refractivity contribution < 1.29 is 19.0 Å². The second-order valence-electron chi connectivity index (χ2n) is 9.07. The molecule has 5 nitrogen and oxygen atoms in total. The lowest BCUT2D eigenvalue weighted by molar-refractivity contribution is -0.238. The lowest BCUT2D eigenvalue weighted by Gasteiger charge is -2.27. The normalized spacial score (nSPS) is 18.3. The SMILES string of the molecule is CN(C)c1ccc(CCCC2(OF)CN(C(=O)OC(C)(C)C)c3ccccc32)cc1. The number of anilines is 2. The number of benzene rings is 2. The third kappa shape index (κ3) is 4.75. The molecule has 1 heterocycles. The predicted molar refractivity (Wildman–Crippen MR) is 118 cm³/mol. The van der Waals surface area contributed by atoms with E-state index in [2.05, 4.69) is 34.1 Å². The van der Waals surface area contributed by atoms with E-state index in [1.54, 1.807) is 6.07 Å². The molecule has 1 atom stereocenters. The van der Waals surface area contributed by atoms with Crippen molar-refractivity contribution in [3.8, 4) is 0 Å². The number of hydrogen-bond donors (Lipinski definition) is 0. The summed E-state index contributed by atoms with van der Waals surface area (Å²) in [4.78, 5) is 20.8. The number of carbonyl (C=O) groups excluding carboxylic acids is 1. The van der Waals surface area contributed by atoms with Gasteiger partial charge < -0.3 is 9.64 Å². The van der Waals surface area contributed by atoms with Gasteiger partial charge >= 0.3 is 6.09 Å². The number of fused-ring (bicyclic) bond motifs is 1. The Kier molecular flexibility index (Phi) is 6.36. The monoisotopic (exact) mass is 414 g/mol. The van der Waals surface area contributed by atoms with E-state index in [1.165, 1.54) is 10.5 Å². The summed E-state index contributed by atoms with van der Waals surface area (Å²) in [5.74, 6) is 0. The van der Waals surface area contributed by atoms with Crippen molar-refractivity contribution >= 4 is 17.5 Å². The van der Waals surface area contributed by atoms with Gasteiger partial charge in [-0.3, -0.25) is 4.90 Å². The second kappa shape index (κ2) is 8.64. The van der Waals surface area contributed by atoms with Crippen LogP contribution in [0.25, 0.3) is 0 Å². The molecule has 0 radical (unpaired) electrons. The van der Waals surface area contributed by atoms with Gasteiger partial charge in [0, 0.05) is 25.3 Å². The van der Waals surface area contributed by atoms with E-state index in [1.807, 2.05) is 53.1 Å². The predicted octanol–water partition coefficient (Wildman–Crippen LogP) is 5.63. The van der Waals surface area contributed by atoms with Crippen molar-refractivity contribution in [2.24, 2.45) is 0 Å². The highest BCUT2D eigenvalue weighted by Crippen LogP contribution is 2.45. The van der Waals surface area contributed by atoms with Gasteiger partial charge in [-0.1, -0.05) is 30.3 Å². The maximum atomic E-state index is 14.0. The molecule has 1 aliphatic heterocycles. The molecule has 6 heteroatoms. The van der Waals surface area contributed by atoms with Crippen molar-refractivity contribution in [3.05, 3.63) is 59.7 Å². The van der Waals surface area contributed by atoms with Gasteiger partial charge in [-0.2, -0.15) is 4.94 Å². The van der Waals surface area contributed by atoms with Gasteiger partial charge in [-0.25, -0.2) is 4.79 Å². The van der Waals surface area contributed by atoms with E-state index in [0.29, 0.717) is 17.7 Å². The Morgan fingerprint density at radius 3 is 2.40 bits per heavy atom. The number of carbonyl (C=O) groups is 1. The minimum atomic E-state index is -1.18.